The Kier molecular flexibility index (Phi) is 5.99. The number of carbonyl (C=O) groups excluding carboxylic acids is 1. The molecule has 0 aliphatic rings. The third-order valence-electron chi connectivity index (χ3n) is 2.64. The van der Waals surface area contributed by atoms with Gasteiger partial charge in [0.2, 0.25) is 5.91 Å². The lowest BCUT2D eigenvalue weighted by atomic mass is 10.1. The van der Waals surface area contributed by atoms with Crippen LogP contribution in [0, 0.1) is 0 Å². The zero-order valence-electron chi connectivity index (χ0n) is 11.9. The van der Waals surface area contributed by atoms with Gasteiger partial charge >= 0.3 is 5.97 Å². The smallest absolute Gasteiger partial charge is 0.337 e. The zero-order valence-corrected chi connectivity index (χ0v) is 11.9. The largest absolute Gasteiger partial charge is 0.497 e. The van der Waals surface area contributed by atoms with Gasteiger partial charge in [-0.2, -0.15) is 0 Å². The van der Waals surface area contributed by atoms with Crippen LogP contribution >= 0.6 is 0 Å². The van der Waals surface area contributed by atoms with Gasteiger partial charge in [0.25, 0.3) is 0 Å². The molecule has 1 rings (SSSR count). The lowest BCUT2D eigenvalue weighted by Gasteiger charge is -2.11. The van der Waals surface area contributed by atoms with Crippen LogP contribution in [0.4, 0.5) is 5.69 Å². The van der Waals surface area contributed by atoms with E-state index in [1.54, 1.807) is 6.07 Å². The molecule has 0 saturated heterocycles. The van der Waals surface area contributed by atoms with Gasteiger partial charge in [-0.1, -0.05) is 13.8 Å². The van der Waals surface area contributed by atoms with E-state index in [0.29, 0.717) is 18.3 Å². The Labute approximate surface area is 118 Å². The average molecular weight is 280 g/mol. The summed E-state index contributed by atoms with van der Waals surface area (Å²) >= 11 is 0. The topological polar surface area (TPSA) is 87.7 Å². The third kappa shape index (κ3) is 4.89. The summed E-state index contributed by atoms with van der Waals surface area (Å²) in [5, 5.41) is 14.8. The van der Waals surface area contributed by atoms with Gasteiger partial charge in [0, 0.05) is 25.1 Å². The maximum atomic E-state index is 11.8. The minimum Gasteiger partial charge on any atom is -0.497 e. The van der Waals surface area contributed by atoms with Gasteiger partial charge in [0.1, 0.15) is 5.75 Å². The van der Waals surface area contributed by atoms with Crippen molar-refractivity contribution in [2.24, 2.45) is 0 Å². The van der Waals surface area contributed by atoms with Crippen LogP contribution in [0.1, 0.15) is 30.6 Å². The van der Waals surface area contributed by atoms with Crippen LogP contribution in [-0.2, 0) is 4.79 Å². The number of benzene rings is 1. The Morgan fingerprint density at radius 1 is 1.35 bits per heavy atom. The number of nitrogens with one attached hydrogen (secondary N) is 2. The van der Waals surface area contributed by atoms with E-state index in [-0.39, 0.29) is 23.6 Å². The molecule has 0 fully saturated rings. The van der Waals surface area contributed by atoms with Crippen molar-refractivity contribution in [3.05, 3.63) is 23.8 Å². The molecule has 0 radical (unpaired) electrons. The molecular weight excluding hydrogens is 260 g/mol. The lowest BCUT2D eigenvalue weighted by molar-refractivity contribution is -0.116. The van der Waals surface area contributed by atoms with E-state index in [2.05, 4.69) is 10.6 Å². The number of hydrogen-bond acceptors (Lipinski definition) is 4. The summed E-state index contributed by atoms with van der Waals surface area (Å²) in [6.07, 6.45) is 0.272. The van der Waals surface area contributed by atoms with Gasteiger partial charge in [-0.3, -0.25) is 4.79 Å². The van der Waals surface area contributed by atoms with Crippen LogP contribution in [0.2, 0.25) is 0 Å². The van der Waals surface area contributed by atoms with Gasteiger partial charge in [0.15, 0.2) is 0 Å². The van der Waals surface area contributed by atoms with Crippen molar-refractivity contribution in [3.8, 4) is 5.75 Å². The van der Waals surface area contributed by atoms with Gasteiger partial charge in [-0.25, -0.2) is 4.79 Å². The van der Waals surface area contributed by atoms with Crippen molar-refractivity contribution in [3.63, 3.8) is 0 Å². The van der Waals surface area contributed by atoms with E-state index in [1.807, 2.05) is 13.8 Å². The molecule has 3 N–H and O–H groups in total. The Bertz CT molecular complexity index is 486. The molecule has 110 valence electrons. The highest BCUT2D eigenvalue weighted by atomic mass is 16.5. The first kappa shape index (κ1) is 16.0. The summed E-state index contributed by atoms with van der Waals surface area (Å²) in [7, 11) is 1.48. The first-order valence-corrected chi connectivity index (χ1v) is 6.38. The second-order valence-electron chi connectivity index (χ2n) is 4.62. The third-order valence-corrected chi connectivity index (χ3v) is 2.64. The van der Waals surface area contributed by atoms with Gasteiger partial charge in [-0.15, -0.1) is 0 Å². The van der Waals surface area contributed by atoms with Crippen LogP contribution in [0.15, 0.2) is 18.2 Å². The number of amides is 1. The number of rotatable bonds is 7. The highest BCUT2D eigenvalue weighted by Gasteiger charge is 2.13. The Hall–Kier alpha value is -2.08. The minimum absolute atomic E-state index is 0.0379. The molecule has 0 aromatic heterocycles. The minimum atomic E-state index is -1.09. The molecule has 1 aromatic rings. The lowest BCUT2D eigenvalue weighted by Crippen LogP contribution is -2.27. The summed E-state index contributed by atoms with van der Waals surface area (Å²) in [5.41, 5.74) is 0.280. The number of carboxylic acid groups (broad SMARTS) is 1. The molecule has 1 amide bonds. The standard InChI is InChI=1S/C14H20N2O4/c1-9(2)15-7-6-13(17)16-12-8-10(20-3)4-5-11(12)14(18)19/h4-5,8-9,15H,6-7H2,1-3H3,(H,16,17)(H,18,19). The summed E-state index contributed by atoms with van der Waals surface area (Å²) in [6, 6.07) is 4.74. The molecule has 0 atom stereocenters. The molecule has 6 nitrogen and oxygen atoms in total. The quantitative estimate of drug-likeness (QED) is 0.708. The summed E-state index contributed by atoms with van der Waals surface area (Å²) in [5.74, 6) is -0.845. The van der Waals surface area contributed by atoms with E-state index in [1.165, 1.54) is 19.2 Å². The number of aromatic carboxylic acids is 1. The van der Waals surface area contributed by atoms with Crippen LogP contribution in [0.3, 0.4) is 0 Å². The number of ether oxygens (including phenoxy) is 1. The first-order valence-electron chi connectivity index (χ1n) is 6.38. The van der Waals surface area contributed by atoms with E-state index in [0.717, 1.165) is 0 Å². The van der Waals surface area contributed by atoms with E-state index < -0.39 is 5.97 Å². The van der Waals surface area contributed by atoms with Crippen molar-refractivity contribution < 1.29 is 19.4 Å². The maximum Gasteiger partial charge on any atom is 0.337 e. The molecule has 0 aliphatic heterocycles. The van der Waals surface area contributed by atoms with Crippen molar-refractivity contribution >= 4 is 17.6 Å². The monoisotopic (exact) mass is 280 g/mol. The molecule has 0 unspecified atom stereocenters. The number of hydrogen-bond donors (Lipinski definition) is 3. The Morgan fingerprint density at radius 3 is 2.60 bits per heavy atom. The van der Waals surface area contributed by atoms with Crippen LogP contribution in [-0.4, -0.2) is 36.7 Å². The summed E-state index contributed by atoms with van der Waals surface area (Å²) < 4.78 is 5.03. The Balaban J connectivity index is 2.74. The molecule has 0 aliphatic carbocycles. The molecule has 1 aromatic carbocycles. The second-order valence-corrected chi connectivity index (χ2v) is 4.62. The van der Waals surface area contributed by atoms with E-state index >= 15 is 0 Å². The van der Waals surface area contributed by atoms with E-state index in [4.69, 9.17) is 9.84 Å². The van der Waals surface area contributed by atoms with Crippen LogP contribution < -0.4 is 15.4 Å². The van der Waals surface area contributed by atoms with Crippen LogP contribution in [0.25, 0.3) is 0 Å². The van der Waals surface area contributed by atoms with Crippen molar-refractivity contribution in [1.82, 2.24) is 5.32 Å². The fourth-order valence-electron chi connectivity index (χ4n) is 1.63. The van der Waals surface area contributed by atoms with E-state index in [9.17, 15) is 9.59 Å². The molecule has 0 bridgehead atoms. The SMILES string of the molecule is COc1ccc(C(=O)O)c(NC(=O)CCNC(C)C)c1. The second kappa shape index (κ2) is 7.49. The Morgan fingerprint density at radius 2 is 2.05 bits per heavy atom. The van der Waals surface area contributed by atoms with Crippen molar-refractivity contribution in [1.29, 1.82) is 0 Å². The predicted molar refractivity (Wildman–Crippen MR) is 76.3 cm³/mol. The summed E-state index contributed by atoms with van der Waals surface area (Å²) in [4.78, 5) is 22.9. The number of carboxylic acids is 1. The van der Waals surface area contributed by atoms with Crippen molar-refractivity contribution in [2.75, 3.05) is 19.0 Å². The number of anilines is 1. The molecule has 0 heterocycles. The maximum absolute atomic E-state index is 11.8. The molecular formula is C14H20N2O4. The predicted octanol–water partition coefficient (Wildman–Crippen LogP) is 1.72. The molecule has 20 heavy (non-hydrogen) atoms. The molecule has 6 heteroatoms. The van der Waals surface area contributed by atoms with Gasteiger partial charge < -0.3 is 20.5 Å². The van der Waals surface area contributed by atoms with Gasteiger partial charge in [-0.05, 0) is 12.1 Å². The molecule has 0 saturated carbocycles. The first-order chi connectivity index (χ1) is 9.43. The molecule has 0 spiro atoms. The summed E-state index contributed by atoms with van der Waals surface area (Å²) in [6.45, 7) is 4.51. The number of carbonyl (C=O) groups is 2. The highest BCUT2D eigenvalue weighted by molar-refractivity contribution is 6.00. The zero-order chi connectivity index (χ0) is 15.1. The fraction of sp³-hybridized carbons (Fsp3) is 0.429. The average Bonchev–Trinajstić information content (AvgIpc) is 2.37. The highest BCUT2D eigenvalue weighted by Crippen LogP contribution is 2.22. The van der Waals surface area contributed by atoms with Crippen molar-refractivity contribution in [2.45, 2.75) is 26.3 Å². The van der Waals surface area contributed by atoms with Crippen LogP contribution in [0.5, 0.6) is 5.75 Å². The van der Waals surface area contributed by atoms with Gasteiger partial charge in [0.05, 0.1) is 18.4 Å². The number of methoxy groups -OCH3 is 1. The fourth-order valence-corrected chi connectivity index (χ4v) is 1.63. The normalized spacial score (nSPS) is 10.4.